The molecule has 0 heterocycles. The molecule has 0 aliphatic heterocycles. The van der Waals surface area contributed by atoms with Crippen LogP contribution in [0.1, 0.15) is 24.2 Å². The third-order valence-electron chi connectivity index (χ3n) is 4.05. The lowest BCUT2D eigenvalue weighted by atomic mass is 10.2. The zero-order chi connectivity index (χ0) is 21.3. The molecule has 3 aromatic rings. The van der Waals surface area contributed by atoms with Crippen LogP contribution < -0.4 is 15.4 Å². The second-order valence-corrected chi connectivity index (χ2v) is 7.89. The summed E-state index contributed by atoms with van der Waals surface area (Å²) in [6.45, 7) is 3.83. The first kappa shape index (κ1) is 21.5. The Balaban J connectivity index is 1.73. The van der Waals surface area contributed by atoms with Crippen LogP contribution in [0.2, 0.25) is 0 Å². The summed E-state index contributed by atoms with van der Waals surface area (Å²) in [4.78, 5) is 25.7. The van der Waals surface area contributed by atoms with Crippen LogP contribution in [-0.2, 0) is 4.79 Å². The van der Waals surface area contributed by atoms with Crippen molar-refractivity contribution in [2.24, 2.45) is 0 Å². The second-order valence-electron chi connectivity index (χ2n) is 6.87. The summed E-state index contributed by atoms with van der Waals surface area (Å²) in [5, 5.41) is 5.78. The third-order valence-corrected chi connectivity index (χ3v) is 5.12. The van der Waals surface area contributed by atoms with Crippen molar-refractivity contribution in [2.45, 2.75) is 24.8 Å². The normalized spacial score (nSPS) is 10.5. The van der Waals surface area contributed by atoms with Crippen molar-refractivity contribution in [1.82, 2.24) is 5.32 Å². The van der Waals surface area contributed by atoms with E-state index in [-0.39, 0.29) is 23.6 Å². The molecule has 0 spiro atoms. The van der Waals surface area contributed by atoms with Gasteiger partial charge in [-0.3, -0.25) is 9.59 Å². The van der Waals surface area contributed by atoms with Gasteiger partial charge < -0.3 is 15.4 Å². The highest BCUT2D eigenvalue weighted by Gasteiger charge is 2.15. The van der Waals surface area contributed by atoms with Crippen LogP contribution in [0.5, 0.6) is 11.5 Å². The van der Waals surface area contributed by atoms with Crippen molar-refractivity contribution < 1.29 is 14.3 Å². The topological polar surface area (TPSA) is 67.4 Å². The van der Waals surface area contributed by atoms with E-state index < -0.39 is 0 Å². The molecule has 3 aromatic carbocycles. The molecule has 3 rings (SSSR count). The first-order valence-electron chi connectivity index (χ1n) is 9.67. The first-order valence-corrected chi connectivity index (χ1v) is 10.7. The number of amides is 2. The van der Waals surface area contributed by atoms with Gasteiger partial charge in [0.15, 0.2) is 5.75 Å². The number of carbonyl (C=O) groups is 2. The summed E-state index contributed by atoms with van der Waals surface area (Å²) < 4.78 is 5.92. The Kier molecular flexibility index (Phi) is 7.51. The average molecular weight is 421 g/mol. The smallest absolute Gasteiger partial charge is 0.256 e. The number of ether oxygens (including phenoxy) is 1. The van der Waals surface area contributed by atoms with Crippen molar-refractivity contribution in [3.8, 4) is 11.5 Å². The molecule has 5 nitrogen and oxygen atoms in total. The Morgan fingerprint density at radius 1 is 0.900 bits per heavy atom. The molecule has 0 radical (unpaired) electrons. The number of rotatable bonds is 8. The quantitative estimate of drug-likeness (QED) is 0.482. The van der Waals surface area contributed by atoms with Crippen molar-refractivity contribution in [3.05, 3.63) is 84.4 Å². The van der Waals surface area contributed by atoms with Gasteiger partial charge in [-0.05, 0) is 50.2 Å². The Morgan fingerprint density at radius 2 is 1.57 bits per heavy atom. The lowest BCUT2D eigenvalue weighted by Gasteiger charge is -2.14. The van der Waals surface area contributed by atoms with Crippen molar-refractivity contribution in [1.29, 1.82) is 0 Å². The minimum atomic E-state index is -0.258. The summed E-state index contributed by atoms with van der Waals surface area (Å²) in [6.07, 6.45) is 0. The van der Waals surface area contributed by atoms with E-state index in [1.54, 1.807) is 24.3 Å². The molecule has 0 saturated heterocycles. The summed E-state index contributed by atoms with van der Waals surface area (Å²) in [6, 6.07) is 24.0. The van der Waals surface area contributed by atoms with Gasteiger partial charge in [-0.15, -0.1) is 11.8 Å². The van der Waals surface area contributed by atoms with Crippen LogP contribution in [0.15, 0.2) is 83.8 Å². The molecule has 30 heavy (non-hydrogen) atoms. The maximum absolute atomic E-state index is 13.0. The van der Waals surface area contributed by atoms with Crippen LogP contribution in [0, 0.1) is 0 Å². The Hall–Kier alpha value is -3.25. The number of hydrogen-bond donors (Lipinski definition) is 2. The summed E-state index contributed by atoms with van der Waals surface area (Å²) >= 11 is 1.34. The fourth-order valence-electron chi connectivity index (χ4n) is 2.75. The number of para-hydroxylation sites is 3. The van der Waals surface area contributed by atoms with E-state index in [2.05, 4.69) is 10.6 Å². The van der Waals surface area contributed by atoms with Crippen LogP contribution in [0.4, 0.5) is 5.69 Å². The maximum Gasteiger partial charge on any atom is 0.256 e. The van der Waals surface area contributed by atoms with E-state index in [0.717, 1.165) is 4.90 Å². The Morgan fingerprint density at radius 3 is 2.33 bits per heavy atom. The number of nitrogens with one attached hydrogen (secondary N) is 2. The lowest BCUT2D eigenvalue weighted by molar-refractivity contribution is -0.119. The Bertz CT molecular complexity index is 1010. The monoisotopic (exact) mass is 420 g/mol. The number of anilines is 1. The number of hydrogen-bond acceptors (Lipinski definition) is 4. The second kappa shape index (κ2) is 10.5. The van der Waals surface area contributed by atoms with Crippen molar-refractivity contribution >= 4 is 29.3 Å². The van der Waals surface area contributed by atoms with Crippen molar-refractivity contribution in [3.63, 3.8) is 0 Å². The number of benzene rings is 3. The summed E-state index contributed by atoms with van der Waals surface area (Å²) in [5.41, 5.74) is 1.08. The highest BCUT2D eigenvalue weighted by atomic mass is 32.2. The minimum absolute atomic E-state index is 0.0631. The average Bonchev–Trinajstić information content (AvgIpc) is 2.74. The van der Waals surface area contributed by atoms with Crippen LogP contribution >= 0.6 is 11.8 Å². The van der Waals surface area contributed by atoms with Gasteiger partial charge in [0, 0.05) is 10.9 Å². The van der Waals surface area contributed by atoms with E-state index in [0.29, 0.717) is 22.7 Å². The molecule has 2 amide bonds. The van der Waals surface area contributed by atoms with Gasteiger partial charge in [-0.1, -0.05) is 42.5 Å². The van der Waals surface area contributed by atoms with E-state index in [4.69, 9.17) is 4.74 Å². The van der Waals surface area contributed by atoms with Gasteiger partial charge >= 0.3 is 0 Å². The standard InChI is InChI=1S/C24H24N2O3S/c1-17(2)25-23(27)16-30-22-15-9-6-12-19(22)24(28)26-20-13-7-8-14-21(20)29-18-10-4-3-5-11-18/h3-15,17H,16H2,1-2H3,(H,25,27)(H,26,28). The van der Waals surface area contributed by atoms with Gasteiger partial charge in [0.2, 0.25) is 5.91 Å². The van der Waals surface area contributed by atoms with E-state index >= 15 is 0 Å². The molecule has 0 saturated carbocycles. The molecule has 0 fully saturated rings. The van der Waals surface area contributed by atoms with Gasteiger partial charge in [0.05, 0.1) is 17.0 Å². The predicted molar refractivity (Wildman–Crippen MR) is 121 cm³/mol. The first-order chi connectivity index (χ1) is 14.5. The highest BCUT2D eigenvalue weighted by Crippen LogP contribution is 2.30. The van der Waals surface area contributed by atoms with Crippen LogP contribution in [-0.4, -0.2) is 23.6 Å². The van der Waals surface area contributed by atoms with Gasteiger partial charge in [-0.2, -0.15) is 0 Å². The molecular weight excluding hydrogens is 396 g/mol. The zero-order valence-electron chi connectivity index (χ0n) is 16.9. The molecule has 0 bridgehead atoms. The molecule has 2 N–H and O–H groups in total. The molecule has 0 atom stereocenters. The van der Waals surface area contributed by atoms with E-state index in [1.165, 1.54) is 11.8 Å². The highest BCUT2D eigenvalue weighted by molar-refractivity contribution is 8.00. The third kappa shape index (κ3) is 6.12. The minimum Gasteiger partial charge on any atom is -0.455 e. The maximum atomic E-state index is 13.0. The van der Waals surface area contributed by atoms with Crippen LogP contribution in [0.25, 0.3) is 0 Å². The van der Waals surface area contributed by atoms with Crippen molar-refractivity contribution in [2.75, 3.05) is 11.1 Å². The summed E-state index contributed by atoms with van der Waals surface area (Å²) in [7, 11) is 0. The molecule has 0 aromatic heterocycles. The molecule has 154 valence electrons. The zero-order valence-corrected chi connectivity index (χ0v) is 17.7. The fraction of sp³-hybridized carbons (Fsp3) is 0.167. The fourth-order valence-corrected chi connectivity index (χ4v) is 3.61. The van der Waals surface area contributed by atoms with E-state index in [1.807, 2.05) is 68.4 Å². The SMILES string of the molecule is CC(C)NC(=O)CSc1ccccc1C(=O)Nc1ccccc1Oc1ccccc1. The van der Waals surface area contributed by atoms with Gasteiger partial charge in [0.1, 0.15) is 5.75 Å². The molecule has 6 heteroatoms. The van der Waals surface area contributed by atoms with Gasteiger partial charge in [-0.25, -0.2) is 0 Å². The summed E-state index contributed by atoms with van der Waals surface area (Å²) in [5.74, 6) is 1.17. The lowest BCUT2D eigenvalue weighted by Crippen LogP contribution is -2.31. The van der Waals surface area contributed by atoms with Gasteiger partial charge in [0.25, 0.3) is 5.91 Å². The Labute approximate surface area is 180 Å². The predicted octanol–water partition coefficient (Wildman–Crippen LogP) is 5.35. The van der Waals surface area contributed by atoms with E-state index in [9.17, 15) is 9.59 Å². The molecular formula is C24H24N2O3S. The largest absolute Gasteiger partial charge is 0.455 e. The molecule has 0 aliphatic carbocycles. The molecule has 0 aliphatic rings. The molecule has 0 unspecified atom stereocenters. The number of carbonyl (C=O) groups excluding carboxylic acids is 2. The van der Waals surface area contributed by atoms with Crippen LogP contribution in [0.3, 0.4) is 0 Å². The number of thioether (sulfide) groups is 1.